The molecule has 0 radical (unpaired) electrons. The van der Waals surface area contributed by atoms with Crippen molar-refractivity contribution in [3.05, 3.63) is 0 Å². The van der Waals surface area contributed by atoms with Crippen LogP contribution >= 0.6 is 0 Å². The molecule has 1 unspecified atom stereocenters. The van der Waals surface area contributed by atoms with Crippen LogP contribution in [0.4, 0.5) is 0 Å². The van der Waals surface area contributed by atoms with Crippen molar-refractivity contribution >= 4 is 5.91 Å². The highest BCUT2D eigenvalue weighted by atomic mass is 16.5. The van der Waals surface area contributed by atoms with E-state index in [-0.39, 0.29) is 11.9 Å². The standard InChI is InChI=1S/C9H16N2O2/c1-7-9(12)10-2-3-11(7)4-8-5-13-6-8/h7-8H,2-6H2,1H3,(H,10,12). The summed E-state index contributed by atoms with van der Waals surface area (Å²) in [6.45, 7) is 6.47. The fourth-order valence-corrected chi connectivity index (χ4v) is 1.80. The van der Waals surface area contributed by atoms with Crippen LogP contribution in [0, 0.1) is 5.92 Å². The van der Waals surface area contributed by atoms with E-state index in [2.05, 4.69) is 10.2 Å². The van der Waals surface area contributed by atoms with E-state index in [1.54, 1.807) is 0 Å². The van der Waals surface area contributed by atoms with Gasteiger partial charge in [0.1, 0.15) is 0 Å². The summed E-state index contributed by atoms with van der Waals surface area (Å²) in [4.78, 5) is 13.6. The molecule has 2 saturated heterocycles. The second-order valence-corrected chi connectivity index (χ2v) is 3.87. The first-order valence-corrected chi connectivity index (χ1v) is 4.87. The van der Waals surface area contributed by atoms with Gasteiger partial charge in [0.05, 0.1) is 19.3 Å². The highest BCUT2D eigenvalue weighted by molar-refractivity contribution is 5.81. The van der Waals surface area contributed by atoms with Crippen molar-refractivity contribution in [1.29, 1.82) is 0 Å². The Labute approximate surface area is 78.2 Å². The van der Waals surface area contributed by atoms with Crippen molar-refractivity contribution < 1.29 is 9.53 Å². The van der Waals surface area contributed by atoms with Crippen LogP contribution in [0.3, 0.4) is 0 Å². The Bertz CT molecular complexity index is 204. The van der Waals surface area contributed by atoms with Crippen LogP contribution in [0.2, 0.25) is 0 Å². The first-order valence-electron chi connectivity index (χ1n) is 4.87. The van der Waals surface area contributed by atoms with Crippen LogP contribution in [0.25, 0.3) is 0 Å². The molecule has 0 aromatic rings. The molecule has 1 atom stereocenters. The summed E-state index contributed by atoms with van der Waals surface area (Å²) in [5.41, 5.74) is 0. The average molecular weight is 184 g/mol. The predicted molar refractivity (Wildman–Crippen MR) is 48.4 cm³/mol. The Hall–Kier alpha value is -0.610. The maximum Gasteiger partial charge on any atom is 0.237 e. The lowest BCUT2D eigenvalue weighted by Crippen LogP contribution is -2.56. The monoisotopic (exact) mass is 184 g/mol. The van der Waals surface area contributed by atoms with Crippen LogP contribution in [-0.4, -0.2) is 49.7 Å². The number of carbonyl (C=O) groups is 1. The number of nitrogens with one attached hydrogen (secondary N) is 1. The second kappa shape index (κ2) is 3.64. The molecule has 0 spiro atoms. The summed E-state index contributed by atoms with van der Waals surface area (Å²) in [5.74, 6) is 0.805. The van der Waals surface area contributed by atoms with Crippen molar-refractivity contribution in [3.8, 4) is 0 Å². The van der Waals surface area contributed by atoms with E-state index in [4.69, 9.17) is 4.74 Å². The predicted octanol–water partition coefficient (Wildman–Crippen LogP) is -0.547. The van der Waals surface area contributed by atoms with Crippen LogP contribution in [0.5, 0.6) is 0 Å². The van der Waals surface area contributed by atoms with Crippen molar-refractivity contribution in [2.24, 2.45) is 5.92 Å². The summed E-state index contributed by atoms with van der Waals surface area (Å²) in [7, 11) is 0. The molecule has 1 amide bonds. The van der Waals surface area contributed by atoms with E-state index in [1.807, 2.05) is 6.92 Å². The highest BCUT2D eigenvalue weighted by Gasteiger charge is 2.29. The smallest absolute Gasteiger partial charge is 0.237 e. The molecule has 2 aliphatic heterocycles. The summed E-state index contributed by atoms with van der Waals surface area (Å²) in [6.07, 6.45) is 0. The first-order chi connectivity index (χ1) is 6.27. The quantitative estimate of drug-likeness (QED) is 0.626. The first kappa shape index (κ1) is 8.97. The zero-order valence-electron chi connectivity index (χ0n) is 7.95. The van der Waals surface area contributed by atoms with Gasteiger partial charge in [-0.05, 0) is 6.92 Å². The molecule has 2 fully saturated rings. The summed E-state index contributed by atoms with van der Waals surface area (Å²) in [6, 6.07) is 0.0364. The largest absolute Gasteiger partial charge is 0.381 e. The normalized spacial score (nSPS) is 31.2. The van der Waals surface area contributed by atoms with Crippen LogP contribution in [0.15, 0.2) is 0 Å². The molecule has 0 saturated carbocycles. The molecule has 0 aromatic heterocycles. The van der Waals surface area contributed by atoms with Gasteiger partial charge in [-0.1, -0.05) is 0 Å². The Morgan fingerprint density at radius 2 is 2.38 bits per heavy atom. The molecule has 0 aliphatic carbocycles. The van der Waals surface area contributed by atoms with Crippen LogP contribution in [0.1, 0.15) is 6.92 Å². The van der Waals surface area contributed by atoms with Gasteiger partial charge < -0.3 is 10.1 Å². The van der Waals surface area contributed by atoms with Gasteiger partial charge >= 0.3 is 0 Å². The van der Waals surface area contributed by atoms with Gasteiger partial charge in [0, 0.05) is 25.6 Å². The molecule has 4 nitrogen and oxygen atoms in total. The fraction of sp³-hybridized carbons (Fsp3) is 0.889. The van der Waals surface area contributed by atoms with E-state index < -0.39 is 0 Å². The van der Waals surface area contributed by atoms with Crippen molar-refractivity contribution in [2.75, 3.05) is 32.8 Å². The van der Waals surface area contributed by atoms with Crippen molar-refractivity contribution in [2.45, 2.75) is 13.0 Å². The lowest BCUT2D eigenvalue weighted by molar-refractivity contribution is -0.130. The maximum absolute atomic E-state index is 11.3. The Morgan fingerprint density at radius 3 is 3.00 bits per heavy atom. The summed E-state index contributed by atoms with van der Waals surface area (Å²) in [5, 5.41) is 2.86. The second-order valence-electron chi connectivity index (χ2n) is 3.87. The molecular formula is C9H16N2O2. The zero-order chi connectivity index (χ0) is 9.26. The zero-order valence-corrected chi connectivity index (χ0v) is 7.95. The molecule has 74 valence electrons. The molecular weight excluding hydrogens is 168 g/mol. The van der Waals surface area contributed by atoms with Crippen LogP contribution in [-0.2, 0) is 9.53 Å². The Morgan fingerprint density at radius 1 is 1.62 bits per heavy atom. The van der Waals surface area contributed by atoms with E-state index in [0.29, 0.717) is 5.92 Å². The number of carbonyl (C=O) groups excluding carboxylic acids is 1. The minimum absolute atomic E-state index is 0.0364. The van der Waals surface area contributed by atoms with Crippen LogP contribution < -0.4 is 5.32 Å². The molecule has 1 N–H and O–H groups in total. The molecule has 2 rings (SSSR count). The van der Waals surface area contributed by atoms with Gasteiger partial charge in [-0.25, -0.2) is 0 Å². The number of amides is 1. The van der Waals surface area contributed by atoms with Gasteiger partial charge in [0.15, 0.2) is 0 Å². The third kappa shape index (κ3) is 1.84. The van der Waals surface area contributed by atoms with Gasteiger partial charge in [0.25, 0.3) is 0 Å². The third-order valence-corrected chi connectivity index (χ3v) is 2.83. The number of ether oxygens (including phenoxy) is 1. The third-order valence-electron chi connectivity index (χ3n) is 2.83. The lowest BCUT2D eigenvalue weighted by Gasteiger charge is -2.37. The van der Waals surface area contributed by atoms with E-state index in [1.165, 1.54) is 0 Å². The van der Waals surface area contributed by atoms with Gasteiger partial charge in [-0.2, -0.15) is 0 Å². The molecule has 2 aliphatic rings. The molecule has 0 bridgehead atoms. The van der Waals surface area contributed by atoms with Gasteiger partial charge in [-0.15, -0.1) is 0 Å². The average Bonchev–Trinajstić information content (AvgIpc) is 2.04. The molecule has 13 heavy (non-hydrogen) atoms. The van der Waals surface area contributed by atoms with Crippen molar-refractivity contribution in [1.82, 2.24) is 10.2 Å². The fourth-order valence-electron chi connectivity index (χ4n) is 1.80. The SMILES string of the molecule is CC1C(=O)NCCN1CC1COC1. The van der Waals surface area contributed by atoms with E-state index >= 15 is 0 Å². The minimum atomic E-state index is 0.0364. The molecule has 2 heterocycles. The maximum atomic E-state index is 11.3. The number of piperazine rings is 1. The van der Waals surface area contributed by atoms with E-state index in [9.17, 15) is 4.79 Å². The summed E-state index contributed by atoms with van der Waals surface area (Å²) >= 11 is 0. The number of rotatable bonds is 2. The number of hydrogen-bond donors (Lipinski definition) is 1. The van der Waals surface area contributed by atoms with Gasteiger partial charge in [-0.3, -0.25) is 9.69 Å². The molecule has 4 heteroatoms. The summed E-state index contributed by atoms with van der Waals surface area (Å²) < 4.78 is 5.11. The Balaban J connectivity index is 1.85. The van der Waals surface area contributed by atoms with E-state index in [0.717, 1.165) is 32.8 Å². The van der Waals surface area contributed by atoms with Crippen molar-refractivity contribution in [3.63, 3.8) is 0 Å². The molecule has 0 aromatic carbocycles. The topological polar surface area (TPSA) is 41.6 Å². The number of nitrogens with zero attached hydrogens (tertiary/aromatic N) is 1. The van der Waals surface area contributed by atoms with Gasteiger partial charge in [0.2, 0.25) is 5.91 Å². The minimum Gasteiger partial charge on any atom is -0.381 e. The number of hydrogen-bond acceptors (Lipinski definition) is 3. The lowest BCUT2D eigenvalue weighted by atomic mass is 10.1. The Kier molecular flexibility index (Phi) is 2.51. The highest BCUT2D eigenvalue weighted by Crippen LogP contribution is 2.14.